The van der Waals surface area contributed by atoms with Crippen LogP contribution in [-0.2, 0) is 19.3 Å². The molecule has 51 heavy (non-hydrogen) atoms. The van der Waals surface area contributed by atoms with Crippen molar-refractivity contribution in [2.45, 2.75) is 59.8 Å². The van der Waals surface area contributed by atoms with Crippen molar-refractivity contribution in [2.24, 2.45) is 0 Å². The van der Waals surface area contributed by atoms with Crippen molar-refractivity contribution in [1.29, 1.82) is 0 Å². The molecule has 6 N–H and O–H groups in total. The smallest absolute Gasteiger partial charge is 0.170 e. The predicted octanol–water partition coefficient (Wildman–Crippen LogP) is 9.35. The highest BCUT2D eigenvalue weighted by molar-refractivity contribution is 5.72. The first-order valence-electron chi connectivity index (χ1n) is 17.0. The second kappa shape index (κ2) is 14.0. The monoisotopic (exact) mass is 678 g/mol. The van der Waals surface area contributed by atoms with Gasteiger partial charge < -0.3 is 30.6 Å². The Kier molecular flexibility index (Phi) is 9.58. The van der Waals surface area contributed by atoms with E-state index >= 15 is 0 Å². The fraction of sp³-hybridized carbons (Fsp3) is 0.200. The summed E-state index contributed by atoms with van der Waals surface area (Å²) in [6.45, 7) is 9.35. The molecule has 0 radical (unpaired) electrons. The SMILES string of the molecule is Cc1cc(Cc2cc(-c3cc(Cc4ccc(O)c(C)c4)c(O)c([C@@H](C)c4ccc(O)c(C)c4)c3)cc(Cc3ccc(O)c(C)c3)c2O)c#cc1O. The van der Waals surface area contributed by atoms with Crippen LogP contribution in [-0.4, -0.2) is 30.6 Å². The molecule has 0 aromatic heterocycles. The highest BCUT2D eigenvalue weighted by Gasteiger charge is 2.21. The summed E-state index contributed by atoms with van der Waals surface area (Å²) in [7, 11) is 0. The van der Waals surface area contributed by atoms with Gasteiger partial charge in [0, 0.05) is 41.9 Å². The molecule has 0 heterocycles. The van der Waals surface area contributed by atoms with Crippen molar-refractivity contribution in [3.05, 3.63) is 164 Å². The third-order valence-corrected chi connectivity index (χ3v) is 9.80. The average Bonchev–Trinajstić information content (AvgIpc) is 3.09. The van der Waals surface area contributed by atoms with Crippen molar-refractivity contribution < 1.29 is 30.6 Å². The van der Waals surface area contributed by atoms with Gasteiger partial charge in [0.2, 0.25) is 0 Å². The van der Waals surface area contributed by atoms with E-state index in [9.17, 15) is 30.6 Å². The fourth-order valence-electron chi connectivity index (χ4n) is 6.67. The summed E-state index contributed by atoms with van der Waals surface area (Å²) in [6.07, 6.45) is 1.16. The molecular weight excluding hydrogens is 636 g/mol. The molecule has 0 saturated carbocycles. The van der Waals surface area contributed by atoms with Gasteiger partial charge in [-0.25, -0.2) is 0 Å². The van der Waals surface area contributed by atoms with Gasteiger partial charge in [-0.15, -0.1) is 0 Å². The zero-order chi connectivity index (χ0) is 36.6. The van der Waals surface area contributed by atoms with Crippen LogP contribution in [0.25, 0.3) is 11.1 Å². The number of hydrogen-bond donors (Lipinski definition) is 6. The van der Waals surface area contributed by atoms with Gasteiger partial charge in [-0.1, -0.05) is 49.4 Å². The van der Waals surface area contributed by atoms with Crippen LogP contribution in [0.15, 0.2) is 84.9 Å². The van der Waals surface area contributed by atoms with Gasteiger partial charge in [-0.3, -0.25) is 0 Å². The molecule has 0 fully saturated rings. The third-order valence-electron chi connectivity index (χ3n) is 9.80. The van der Waals surface area contributed by atoms with Crippen molar-refractivity contribution in [1.82, 2.24) is 0 Å². The van der Waals surface area contributed by atoms with Gasteiger partial charge in [0.05, 0.1) is 0 Å². The molecule has 0 bridgehead atoms. The summed E-state index contributed by atoms with van der Waals surface area (Å²) in [5.74, 6) is 0.746. The highest BCUT2D eigenvalue weighted by Crippen LogP contribution is 2.41. The molecule has 258 valence electrons. The first-order valence-corrected chi connectivity index (χ1v) is 17.0. The Bertz CT molecular complexity index is 2190. The number of aromatic hydroxyl groups is 6. The van der Waals surface area contributed by atoms with Crippen molar-refractivity contribution in [2.75, 3.05) is 0 Å². The van der Waals surface area contributed by atoms with E-state index in [0.29, 0.717) is 47.1 Å². The second-order valence-electron chi connectivity index (χ2n) is 13.7. The van der Waals surface area contributed by atoms with E-state index in [0.717, 1.165) is 50.1 Å². The standard InChI is InChI=1S/C45H42O6/c1-25-14-30(6-10-40(25)46)18-36-21-34(22-37(44(36)50)19-31-7-11-41(47)26(2)15-31)35-23-38(20-32-8-12-42(48)27(3)16-32)45(51)39(24-35)29(5)33-9-13-43(49)28(4)17-33/h6,8-10,12-17,21-24,29,46-51H,18-20H2,1-5H3/t29-/m0/s1. The number of aryl methyl sites for hydroxylation is 4. The number of hydrogen-bond acceptors (Lipinski definition) is 6. The maximum absolute atomic E-state index is 11.9. The molecule has 6 nitrogen and oxygen atoms in total. The van der Waals surface area contributed by atoms with Crippen LogP contribution in [0, 0.1) is 39.8 Å². The Hall–Kier alpha value is -6.06. The number of phenols is 5. The molecule has 0 amide bonds. The molecule has 6 aromatic carbocycles. The van der Waals surface area contributed by atoms with Gasteiger partial charge in [-0.2, -0.15) is 0 Å². The minimum atomic E-state index is -0.231. The maximum atomic E-state index is 11.9. The zero-order valence-corrected chi connectivity index (χ0v) is 29.5. The van der Waals surface area contributed by atoms with Crippen LogP contribution in [0.4, 0.5) is 0 Å². The topological polar surface area (TPSA) is 121 Å². The minimum Gasteiger partial charge on any atom is -0.508 e. The Balaban J connectivity index is 1.53. The molecule has 0 spiro atoms. The lowest BCUT2D eigenvalue weighted by Gasteiger charge is -2.21. The number of rotatable bonds is 9. The molecule has 0 unspecified atom stereocenters. The zero-order valence-electron chi connectivity index (χ0n) is 29.5. The van der Waals surface area contributed by atoms with E-state index in [1.807, 2.05) is 94.4 Å². The van der Waals surface area contributed by atoms with E-state index in [1.165, 1.54) is 0 Å². The summed E-state index contributed by atoms with van der Waals surface area (Å²) in [5, 5.41) is 64.2. The van der Waals surface area contributed by atoms with Gasteiger partial charge in [0.25, 0.3) is 0 Å². The first-order chi connectivity index (χ1) is 24.3. The van der Waals surface area contributed by atoms with E-state index in [-0.39, 0.29) is 40.4 Å². The largest absolute Gasteiger partial charge is 0.508 e. The van der Waals surface area contributed by atoms with Crippen molar-refractivity contribution in [3.63, 3.8) is 0 Å². The minimum absolute atomic E-state index is 0.0334. The van der Waals surface area contributed by atoms with E-state index in [4.69, 9.17) is 0 Å². The second-order valence-corrected chi connectivity index (χ2v) is 13.7. The van der Waals surface area contributed by atoms with Crippen LogP contribution in [0.2, 0.25) is 0 Å². The van der Waals surface area contributed by atoms with E-state index < -0.39 is 0 Å². The number of phenolic OH excluding ortho intramolecular Hbond substituents is 5. The maximum Gasteiger partial charge on any atom is 0.170 e. The summed E-state index contributed by atoms with van der Waals surface area (Å²) >= 11 is 0. The van der Waals surface area contributed by atoms with Gasteiger partial charge in [0.15, 0.2) is 5.75 Å². The fourth-order valence-corrected chi connectivity index (χ4v) is 6.67. The predicted molar refractivity (Wildman–Crippen MR) is 200 cm³/mol. The lowest BCUT2D eigenvalue weighted by atomic mass is 9.85. The molecule has 0 saturated heterocycles. The van der Waals surface area contributed by atoms with Gasteiger partial charge >= 0.3 is 0 Å². The Morgan fingerprint density at radius 1 is 0.490 bits per heavy atom. The molecule has 6 rings (SSSR count). The van der Waals surface area contributed by atoms with Crippen LogP contribution >= 0.6 is 0 Å². The van der Waals surface area contributed by atoms with Crippen LogP contribution in [0.5, 0.6) is 34.5 Å². The first kappa shape index (κ1) is 34.8. The van der Waals surface area contributed by atoms with Crippen molar-refractivity contribution >= 4 is 0 Å². The summed E-state index contributed by atoms with van der Waals surface area (Å²) < 4.78 is 0. The normalized spacial score (nSPS) is 11.7. The molecule has 0 aliphatic heterocycles. The van der Waals surface area contributed by atoms with E-state index in [1.54, 1.807) is 25.1 Å². The molecule has 1 atom stereocenters. The Morgan fingerprint density at radius 2 is 0.980 bits per heavy atom. The highest BCUT2D eigenvalue weighted by atomic mass is 16.3. The lowest BCUT2D eigenvalue weighted by molar-refractivity contribution is 0.459. The van der Waals surface area contributed by atoms with Gasteiger partial charge in [-0.05, 0) is 143 Å². The Labute approximate surface area is 299 Å². The quantitative estimate of drug-likeness (QED) is 0.0907. The van der Waals surface area contributed by atoms with E-state index in [2.05, 4.69) is 12.1 Å². The van der Waals surface area contributed by atoms with Crippen LogP contribution in [0.3, 0.4) is 0 Å². The molecule has 6 heteroatoms. The summed E-state index contributed by atoms with van der Waals surface area (Å²) in [5.41, 5.74) is 10.9. The summed E-state index contributed by atoms with van der Waals surface area (Å²) in [4.78, 5) is 0. The molecule has 0 aliphatic rings. The lowest BCUT2D eigenvalue weighted by Crippen LogP contribution is -2.02. The van der Waals surface area contributed by atoms with Crippen molar-refractivity contribution in [3.8, 4) is 45.6 Å². The summed E-state index contributed by atoms with van der Waals surface area (Å²) in [6, 6.07) is 31.8. The van der Waals surface area contributed by atoms with Crippen LogP contribution in [0.1, 0.15) is 79.6 Å². The average molecular weight is 679 g/mol. The number of benzene rings is 5. The molecule has 0 aliphatic carbocycles. The van der Waals surface area contributed by atoms with Gasteiger partial charge in [0.1, 0.15) is 28.7 Å². The Morgan fingerprint density at radius 3 is 1.51 bits per heavy atom. The molecule has 6 aromatic rings. The molecular formula is C45H42O6. The third kappa shape index (κ3) is 7.44. The van der Waals surface area contributed by atoms with Crippen LogP contribution < -0.4 is 0 Å².